The van der Waals surface area contributed by atoms with Gasteiger partial charge in [-0.05, 0) is 67.1 Å². The van der Waals surface area contributed by atoms with E-state index in [4.69, 9.17) is 9.47 Å². The number of hydrogen-bond acceptors (Lipinski definition) is 4. The van der Waals surface area contributed by atoms with Crippen LogP contribution in [0.15, 0.2) is 42.5 Å². The van der Waals surface area contributed by atoms with Crippen LogP contribution in [0.4, 0.5) is 0 Å². The van der Waals surface area contributed by atoms with Gasteiger partial charge in [-0.1, -0.05) is 18.2 Å². The highest BCUT2D eigenvalue weighted by Gasteiger charge is 2.17. The Morgan fingerprint density at radius 3 is 2.50 bits per heavy atom. The van der Waals surface area contributed by atoms with Crippen LogP contribution in [0.1, 0.15) is 40.2 Å². The van der Waals surface area contributed by atoms with E-state index in [9.17, 15) is 4.79 Å². The number of nitrogens with one attached hydrogen (secondary N) is 1. The predicted octanol–water partition coefficient (Wildman–Crippen LogP) is 3.49. The van der Waals surface area contributed by atoms with E-state index in [0.29, 0.717) is 24.0 Å². The third-order valence-corrected chi connectivity index (χ3v) is 5.46. The van der Waals surface area contributed by atoms with Crippen molar-refractivity contribution in [1.29, 1.82) is 0 Å². The van der Waals surface area contributed by atoms with Crippen molar-refractivity contribution in [3.8, 4) is 11.5 Å². The highest BCUT2D eigenvalue weighted by atomic mass is 16.5. The van der Waals surface area contributed by atoms with Gasteiger partial charge in [0.25, 0.3) is 5.91 Å². The molecule has 28 heavy (non-hydrogen) atoms. The van der Waals surface area contributed by atoms with Crippen molar-refractivity contribution in [3.05, 3.63) is 59.2 Å². The van der Waals surface area contributed by atoms with E-state index in [2.05, 4.69) is 17.4 Å². The molecule has 1 fully saturated rings. The normalized spacial score (nSPS) is 16.5. The average molecular weight is 383 g/mol. The number of benzene rings is 2. The number of methoxy groups -OCH3 is 2. The number of carbonyl (C=O) groups excluding carboxylic acids is 1. The molecule has 2 aromatic carbocycles. The molecule has 1 atom stereocenters. The lowest BCUT2D eigenvalue weighted by atomic mass is 9.91. The van der Waals surface area contributed by atoms with Crippen LogP contribution in [-0.2, 0) is 6.42 Å². The van der Waals surface area contributed by atoms with E-state index in [1.165, 1.54) is 18.4 Å². The van der Waals surface area contributed by atoms with Gasteiger partial charge in [0, 0.05) is 25.7 Å². The number of ether oxygens (including phenoxy) is 2. The van der Waals surface area contributed by atoms with Crippen LogP contribution in [0.3, 0.4) is 0 Å². The Morgan fingerprint density at radius 2 is 1.86 bits per heavy atom. The molecule has 5 nitrogen and oxygen atoms in total. The van der Waals surface area contributed by atoms with Crippen molar-refractivity contribution in [3.63, 3.8) is 0 Å². The van der Waals surface area contributed by atoms with E-state index in [1.54, 1.807) is 19.1 Å². The molecule has 0 radical (unpaired) electrons. The Morgan fingerprint density at radius 1 is 1.11 bits per heavy atom. The molecule has 0 bridgehead atoms. The summed E-state index contributed by atoms with van der Waals surface area (Å²) in [6.07, 6.45) is 3.18. The Labute approximate surface area is 167 Å². The van der Waals surface area contributed by atoms with Gasteiger partial charge in [-0.15, -0.1) is 0 Å². The second kappa shape index (κ2) is 9.60. The number of hydrogen-bond donors (Lipinski definition) is 1. The summed E-state index contributed by atoms with van der Waals surface area (Å²) < 4.78 is 10.6. The van der Waals surface area contributed by atoms with Crippen LogP contribution in [0.25, 0.3) is 0 Å². The van der Waals surface area contributed by atoms with Gasteiger partial charge >= 0.3 is 0 Å². The zero-order valence-electron chi connectivity index (χ0n) is 17.0. The summed E-state index contributed by atoms with van der Waals surface area (Å²) >= 11 is 0. The highest BCUT2D eigenvalue weighted by Crippen LogP contribution is 2.28. The van der Waals surface area contributed by atoms with E-state index in [-0.39, 0.29) is 5.91 Å². The second-order valence-corrected chi connectivity index (χ2v) is 7.33. The van der Waals surface area contributed by atoms with E-state index < -0.39 is 0 Å². The number of rotatable bonds is 7. The van der Waals surface area contributed by atoms with Crippen LogP contribution < -0.4 is 14.8 Å². The van der Waals surface area contributed by atoms with Crippen LogP contribution >= 0.6 is 0 Å². The number of piperidine rings is 1. The first-order chi connectivity index (χ1) is 13.6. The molecular weight excluding hydrogens is 352 g/mol. The lowest BCUT2D eigenvalue weighted by Crippen LogP contribution is -2.29. The lowest BCUT2D eigenvalue weighted by molar-refractivity contribution is 0.0796. The molecule has 0 aromatic heterocycles. The summed E-state index contributed by atoms with van der Waals surface area (Å²) in [4.78, 5) is 14.5. The van der Waals surface area contributed by atoms with Gasteiger partial charge in [-0.2, -0.15) is 0 Å². The maximum atomic E-state index is 12.7. The molecule has 1 N–H and O–H groups in total. The summed E-state index contributed by atoms with van der Waals surface area (Å²) in [5.74, 6) is 2.03. The van der Waals surface area contributed by atoms with E-state index >= 15 is 0 Å². The molecule has 5 heteroatoms. The average Bonchev–Trinajstić information content (AvgIpc) is 2.77. The number of likely N-dealkylation sites (N-methyl/N-ethyl adjacent to an activating group) is 1. The SMILES string of the molecule is COc1ccc(CCN(C)C(=O)c2ccc(C3CCCNC3)cc2)cc1OC. The minimum Gasteiger partial charge on any atom is -0.493 e. The fourth-order valence-electron chi connectivity index (χ4n) is 3.69. The smallest absolute Gasteiger partial charge is 0.253 e. The van der Waals surface area contributed by atoms with Gasteiger partial charge in [-0.25, -0.2) is 0 Å². The molecule has 3 rings (SSSR count). The van der Waals surface area contributed by atoms with Crippen LogP contribution in [0.5, 0.6) is 11.5 Å². The van der Waals surface area contributed by atoms with Crippen molar-refractivity contribution in [2.45, 2.75) is 25.2 Å². The summed E-state index contributed by atoms with van der Waals surface area (Å²) in [5, 5.41) is 3.44. The van der Waals surface area contributed by atoms with Gasteiger partial charge in [0.2, 0.25) is 0 Å². The van der Waals surface area contributed by atoms with Gasteiger partial charge in [0.1, 0.15) is 0 Å². The van der Waals surface area contributed by atoms with Gasteiger partial charge < -0.3 is 19.7 Å². The Hall–Kier alpha value is -2.53. The third-order valence-electron chi connectivity index (χ3n) is 5.46. The Balaban J connectivity index is 1.58. The number of nitrogens with zero attached hydrogens (tertiary/aromatic N) is 1. The summed E-state index contributed by atoms with van der Waals surface area (Å²) in [7, 11) is 5.10. The standard InChI is InChI=1S/C23H30N2O3/c1-25(14-12-17-6-11-21(27-2)22(15-17)28-3)23(26)19-9-7-18(8-10-19)20-5-4-13-24-16-20/h6-11,15,20,24H,4-5,12-14,16H2,1-3H3. The van der Waals surface area contributed by atoms with Gasteiger partial charge in [0.05, 0.1) is 14.2 Å². The monoisotopic (exact) mass is 382 g/mol. The van der Waals surface area contributed by atoms with Crippen molar-refractivity contribution in [2.24, 2.45) is 0 Å². The minimum absolute atomic E-state index is 0.0498. The fraction of sp³-hybridized carbons (Fsp3) is 0.435. The Kier molecular flexibility index (Phi) is 6.93. The summed E-state index contributed by atoms with van der Waals surface area (Å²) in [6, 6.07) is 14.0. The first-order valence-corrected chi connectivity index (χ1v) is 9.89. The predicted molar refractivity (Wildman–Crippen MR) is 111 cm³/mol. The van der Waals surface area contributed by atoms with Crippen LogP contribution in [-0.4, -0.2) is 51.7 Å². The van der Waals surface area contributed by atoms with Crippen molar-refractivity contribution in [1.82, 2.24) is 10.2 Å². The maximum absolute atomic E-state index is 12.7. The fourth-order valence-corrected chi connectivity index (χ4v) is 3.69. The third kappa shape index (κ3) is 4.84. The van der Waals surface area contributed by atoms with Crippen molar-refractivity contribution >= 4 is 5.91 Å². The molecule has 150 valence electrons. The van der Waals surface area contributed by atoms with Crippen molar-refractivity contribution in [2.75, 3.05) is 40.9 Å². The molecule has 1 heterocycles. The van der Waals surface area contributed by atoms with Crippen molar-refractivity contribution < 1.29 is 14.3 Å². The maximum Gasteiger partial charge on any atom is 0.253 e. The van der Waals surface area contributed by atoms with Crippen LogP contribution in [0, 0.1) is 0 Å². The first kappa shape index (κ1) is 20.2. The number of amides is 1. The molecule has 1 aliphatic heterocycles. The second-order valence-electron chi connectivity index (χ2n) is 7.33. The summed E-state index contributed by atoms with van der Waals surface area (Å²) in [5.41, 5.74) is 3.16. The minimum atomic E-state index is 0.0498. The topological polar surface area (TPSA) is 50.8 Å². The molecule has 1 amide bonds. The lowest BCUT2D eigenvalue weighted by Gasteiger charge is -2.23. The number of carbonyl (C=O) groups is 1. The molecule has 1 saturated heterocycles. The zero-order chi connectivity index (χ0) is 19.9. The first-order valence-electron chi connectivity index (χ1n) is 9.89. The largest absolute Gasteiger partial charge is 0.493 e. The molecule has 0 saturated carbocycles. The molecule has 0 spiro atoms. The molecule has 0 aliphatic carbocycles. The molecular formula is C23H30N2O3. The van der Waals surface area contributed by atoms with E-state index in [0.717, 1.165) is 30.6 Å². The van der Waals surface area contributed by atoms with Crippen LogP contribution in [0.2, 0.25) is 0 Å². The quantitative estimate of drug-likeness (QED) is 0.796. The van der Waals surface area contributed by atoms with E-state index in [1.807, 2.05) is 37.4 Å². The van der Waals surface area contributed by atoms with Gasteiger partial charge in [-0.3, -0.25) is 4.79 Å². The van der Waals surface area contributed by atoms with Gasteiger partial charge in [0.15, 0.2) is 11.5 Å². The highest BCUT2D eigenvalue weighted by molar-refractivity contribution is 5.94. The molecule has 2 aromatic rings. The summed E-state index contributed by atoms with van der Waals surface area (Å²) in [6.45, 7) is 2.78. The molecule has 1 aliphatic rings. The Bertz CT molecular complexity index is 783. The molecule has 1 unspecified atom stereocenters. The zero-order valence-corrected chi connectivity index (χ0v) is 17.0.